The maximum absolute atomic E-state index is 5.87. The van der Waals surface area contributed by atoms with Gasteiger partial charge >= 0.3 is 0 Å². The third kappa shape index (κ3) is 1.22. The summed E-state index contributed by atoms with van der Waals surface area (Å²) in [7, 11) is 0. The highest BCUT2D eigenvalue weighted by Crippen LogP contribution is 2.23. The van der Waals surface area contributed by atoms with Gasteiger partial charge in [-0.25, -0.2) is 0 Å². The molecule has 0 aromatic rings. The van der Waals surface area contributed by atoms with E-state index >= 15 is 0 Å². The van der Waals surface area contributed by atoms with Gasteiger partial charge in [0, 0.05) is 23.8 Å². The van der Waals surface area contributed by atoms with Crippen molar-refractivity contribution in [1.82, 2.24) is 0 Å². The van der Waals surface area contributed by atoms with Crippen LogP contribution < -0.4 is 22.9 Å². The molecular weight excluding hydrogens is 152 g/mol. The van der Waals surface area contributed by atoms with Gasteiger partial charge in [-0.15, -0.1) is 0 Å². The lowest BCUT2D eigenvalue weighted by atomic mass is 9.79. The summed E-state index contributed by atoms with van der Waals surface area (Å²) in [5.74, 6) is 0.156. The monoisotopic (exact) mass is 170 g/mol. The average molecular weight is 170 g/mol. The molecular formula is C8H18N4. The van der Waals surface area contributed by atoms with E-state index in [4.69, 9.17) is 22.9 Å². The Morgan fingerprint density at radius 2 is 1.58 bits per heavy atom. The smallest absolute Gasteiger partial charge is 0.0484 e. The van der Waals surface area contributed by atoms with Crippen molar-refractivity contribution in [2.24, 2.45) is 28.9 Å². The minimum absolute atomic E-state index is 0.0766. The van der Waals surface area contributed by atoms with E-state index in [0.29, 0.717) is 5.70 Å². The Labute approximate surface area is 73.0 Å². The highest BCUT2D eigenvalue weighted by atomic mass is 14.9. The zero-order valence-electron chi connectivity index (χ0n) is 7.62. The first kappa shape index (κ1) is 9.51. The second-order valence-corrected chi connectivity index (χ2v) is 3.63. The van der Waals surface area contributed by atoms with Crippen LogP contribution in [0.4, 0.5) is 0 Å². The minimum Gasteiger partial charge on any atom is -0.401 e. The quantitative estimate of drug-likeness (QED) is 0.368. The van der Waals surface area contributed by atoms with Gasteiger partial charge in [0.05, 0.1) is 0 Å². The molecule has 4 unspecified atom stereocenters. The molecule has 0 aromatic heterocycles. The van der Waals surface area contributed by atoms with Gasteiger partial charge in [0.25, 0.3) is 0 Å². The molecule has 70 valence electrons. The van der Waals surface area contributed by atoms with E-state index in [1.807, 2.05) is 13.8 Å². The molecule has 8 N–H and O–H groups in total. The normalized spacial score (nSPS) is 43.4. The molecule has 0 radical (unpaired) electrons. The summed E-state index contributed by atoms with van der Waals surface area (Å²) in [6.45, 7) is 3.88. The maximum atomic E-state index is 5.87. The molecule has 0 fully saturated rings. The van der Waals surface area contributed by atoms with Gasteiger partial charge in [-0.05, 0) is 18.4 Å². The molecule has 0 bridgehead atoms. The molecule has 0 aromatic carbocycles. The van der Waals surface area contributed by atoms with Crippen molar-refractivity contribution in [3.63, 3.8) is 0 Å². The van der Waals surface area contributed by atoms with Gasteiger partial charge in [-0.1, -0.05) is 6.92 Å². The Bertz CT molecular complexity index is 189. The third-order valence-electron chi connectivity index (χ3n) is 2.90. The van der Waals surface area contributed by atoms with Gasteiger partial charge in [0.1, 0.15) is 0 Å². The molecule has 0 amide bonds. The SMILES string of the molecule is CC1=C(N)C(N)C(C)C(N)C1N. The second kappa shape index (κ2) is 3.05. The maximum Gasteiger partial charge on any atom is 0.0484 e. The van der Waals surface area contributed by atoms with Crippen molar-refractivity contribution in [1.29, 1.82) is 0 Å². The molecule has 4 heteroatoms. The second-order valence-electron chi connectivity index (χ2n) is 3.63. The fourth-order valence-electron chi connectivity index (χ4n) is 1.59. The van der Waals surface area contributed by atoms with Crippen LogP contribution in [0.2, 0.25) is 0 Å². The highest BCUT2D eigenvalue weighted by Gasteiger charge is 2.33. The summed E-state index contributed by atoms with van der Waals surface area (Å²) in [5.41, 5.74) is 25.0. The zero-order chi connectivity index (χ0) is 9.46. The van der Waals surface area contributed by atoms with Gasteiger partial charge in [0.15, 0.2) is 0 Å². The summed E-state index contributed by atoms with van der Waals surface area (Å²) in [4.78, 5) is 0. The van der Waals surface area contributed by atoms with Crippen LogP contribution >= 0.6 is 0 Å². The van der Waals surface area contributed by atoms with Gasteiger partial charge in [-0.2, -0.15) is 0 Å². The molecule has 0 saturated heterocycles. The lowest BCUT2D eigenvalue weighted by Crippen LogP contribution is -2.57. The lowest BCUT2D eigenvalue weighted by Gasteiger charge is -2.37. The Kier molecular flexibility index (Phi) is 2.41. The minimum atomic E-state index is -0.139. The van der Waals surface area contributed by atoms with E-state index in [1.54, 1.807) is 0 Å². The van der Waals surface area contributed by atoms with Crippen LogP contribution in [-0.2, 0) is 0 Å². The highest BCUT2D eigenvalue weighted by molar-refractivity contribution is 5.27. The Morgan fingerprint density at radius 3 is 2.08 bits per heavy atom. The van der Waals surface area contributed by atoms with Crippen molar-refractivity contribution >= 4 is 0 Å². The average Bonchev–Trinajstić information content (AvgIpc) is 2.08. The van der Waals surface area contributed by atoms with E-state index in [-0.39, 0.29) is 24.0 Å². The van der Waals surface area contributed by atoms with Crippen molar-refractivity contribution in [3.8, 4) is 0 Å². The van der Waals surface area contributed by atoms with Crippen molar-refractivity contribution in [2.75, 3.05) is 0 Å². The largest absolute Gasteiger partial charge is 0.401 e. The van der Waals surface area contributed by atoms with E-state index in [0.717, 1.165) is 5.57 Å². The zero-order valence-corrected chi connectivity index (χ0v) is 7.62. The van der Waals surface area contributed by atoms with Gasteiger partial charge < -0.3 is 22.9 Å². The molecule has 0 spiro atoms. The molecule has 1 rings (SSSR count). The summed E-state index contributed by atoms with van der Waals surface area (Å²) in [6.07, 6.45) is 0. The van der Waals surface area contributed by atoms with Crippen molar-refractivity contribution in [2.45, 2.75) is 32.0 Å². The summed E-state index contributed by atoms with van der Waals surface area (Å²) in [5, 5.41) is 0. The van der Waals surface area contributed by atoms with Gasteiger partial charge in [-0.3, -0.25) is 0 Å². The van der Waals surface area contributed by atoms with Gasteiger partial charge in [0.2, 0.25) is 0 Å². The first-order valence-corrected chi connectivity index (χ1v) is 4.19. The summed E-state index contributed by atoms with van der Waals surface area (Å²) < 4.78 is 0. The number of hydrogen-bond donors (Lipinski definition) is 4. The van der Waals surface area contributed by atoms with Crippen LogP contribution in [0.15, 0.2) is 11.3 Å². The topological polar surface area (TPSA) is 104 Å². The molecule has 4 atom stereocenters. The molecule has 0 saturated carbocycles. The Hall–Kier alpha value is -0.580. The predicted molar refractivity (Wildman–Crippen MR) is 50.0 cm³/mol. The predicted octanol–water partition coefficient (Wildman–Crippen LogP) is -1.15. The Balaban J connectivity index is 3.00. The molecule has 1 aliphatic rings. The van der Waals surface area contributed by atoms with E-state index < -0.39 is 0 Å². The van der Waals surface area contributed by atoms with Crippen molar-refractivity contribution < 1.29 is 0 Å². The molecule has 1 aliphatic carbocycles. The van der Waals surface area contributed by atoms with Crippen LogP contribution in [0.25, 0.3) is 0 Å². The van der Waals surface area contributed by atoms with E-state index in [2.05, 4.69) is 0 Å². The van der Waals surface area contributed by atoms with E-state index in [9.17, 15) is 0 Å². The molecule has 12 heavy (non-hydrogen) atoms. The number of rotatable bonds is 0. The van der Waals surface area contributed by atoms with E-state index in [1.165, 1.54) is 0 Å². The standard InChI is InChI=1S/C8H18N4/c1-3-5(9)7(11)4(2)8(12)6(3)10/h3,5-7H,9-12H2,1-2H3. The fraction of sp³-hybridized carbons (Fsp3) is 0.750. The fourth-order valence-corrected chi connectivity index (χ4v) is 1.59. The van der Waals surface area contributed by atoms with Crippen molar-refractivity contribution in [3.05, 3.63) is 11.3 Å². The Morgan fingerprint density at radius 1 is 1.08 bits per heavy atom. The van der Waals surface area contributed by atoms with Crippen LogP contribution in [-0.4, -0.2) is 18.1 Å². The molecule has 4 nitrogen and oxygen atoms in total. The van der Waals surface area contributed by atoms with Crippen LogP contribution in [0.1, 0.15) is 13.8 Å². The summed E-state index contributed by atoms with van der Waals surface area (Å²) >= 11 is 0. The number of nitrogens with two attached hydrogens (primary N) is 4. The van der Waals surface area contributed by atoms with Crippen LogP contribution in [0.5, 0.6) is 0 Å². The van der Waals surface area contributed by atoms with Crippen LogP contribution in [0, 0.1) is 5.92 Å². The first-order chi connectivity index (χ1) is 5.46. The summed E-state index contributed by atoms with van der Waals surface area (Å²) in [6, 6.07) is -0.355. The molecule has 0 heterocycles. The molecule has 0 aliphatic heterocycles. The van der Waals surface area contributed by atoms with Crippen LogP contribution in [0.3, 0.4) is 0 Å². The first-order valence-electron chi connectivity index (χ1n) is 4.19. The number of hydrogen-bond acceptors (Lipinski definition) is 4. The third-order valence-corrected chi connectivity index (χ3v) is 2.90. The lowest BCUT2D eigenvalue weighted by molar-refractivity contribution is 0.346.